The van der Waals surface area contributed by atoms with E-state index in [9.17, 15) is 31.1 Å². The Kier molecular flexibility index (Phi) is 6.75. The highest BCUT2D eigenvalue weighted by atomic mass is 32.2. The number of carbonyl (C=O) groups is 1. The lowest BCUT2D eigenvalue weighted by Gasteiger charge is -2.10. The molecule has 8 nitrogen and oxygen atoms in total. The molecule has 0 bridgehead atoms. The van der Waals surface area contributed by atoms with Gasteiger partial charge >= 0.3 is 0 Å². The van der Waals surface area contributed by atoms with Crippen molar-refractivity contribution in [1.82, 2.24) is 4.72 Å². The SMILES string of the molecule is CCS(=O)(=O)c1ccc(O)c(NC(=O)CCNS(=O)(=O)c2ccccc2F)c1. The van der Waals surface area contributed by atoms with Gasteiger partial charge in [0.2, 0.25) is 15.9 Å². The Hall–Kier alpha value is -2.50. The molecule has 0 heterocycles. The number of carbonyl (C=O) groups excluding carboxylic acids is 1. The van der Waals surface area contributed by atoms with Crippen molar-refractivity contribution in [3.8, 4) is 5.75 Å². The zero-order valence-corrected chi connectivity index (χ0v) is 16.5. The summed E-state index contributed by atoms with van der Waals surface area (Å²) in [5.41, 5.74) is -0.114. The van der Waals surface area contributed by atoms with Crippen LogP contribution >= 0.6 is 0 Å². The van der Waals surface area contributed by atoms with E-state index in [1.165, 1.54) is 25.1 Å². The third kappa shape index (κ3) is 5.27. The molecule has 28 heavy (non-hydrogen) atoms. The summed E-state index contributed by atoms with van der Waals surface area (Å²) in [5.74, 6) is -2.07. The first-order chi connectivity index (χ1) is 13.1. The van der Waals surface area contributed by atoms with Crippen LogP contribution in [0.1, 0.15) is 13.3 Å². The second-order valence-electron chi connectivity index (χ2n) is 5.71. The van der Waals surface area contributed by atoms with Crippen molar-refractivity contribution in [1.29, 1.82) is 0 Å². The fraction of sp³-hybridized carbons (Fsp3) is 0.235. The maximum atomic E-state index is 13.6. The molecule has 0 aliphatic heterocycles. The van der Waals surface area contributed by atoms with E-state index in [1.54, 1.807) is 0 Å². The second-order valence-corrected chi connectivity index (χ2v) is 9.72. The summed E-state index contributed by atoms with van der Waals surface area (Å²) in [7, 11) is -7.66. The smallest absolute Gasteiger partial charge is 0.243 e. The highest BCUT2D eigenvalue weighted by molar-refractivity contribution is 7.91. The maximum Gasteiger partial charge on any atom is 0.243 e. The van der Waals surface area contributed by atoms with Gasteiger partial charge in [-0.2, -0.15) is 0 Å². The highest BCUT2D eigenvalue weighted by Crippen LogP contribution is 2.27. The highest BCUT2D eigenvalue weighted by Gasteiger charge is 2.19. The summed E-state index contributed by atoms with van der Waals surface area (Å²) in [5, 5.41) is 12.1. The van der Waals surface area contributed by atoms with Gasteiger partial charge in [-0.15, -0.1) is 0 Å². The lowest BCUT2D eigenvalue weighted by Crippen LogP contribution is -2.28. The molecule has 0 aliphatic rings. The van der Waals surface area contributed by atoms with Gasteiger partial charge in [-0.1, -0.05) is 19.1 Å². The molecule has 2 aromatic rings. The average Bonchev–Trinajstić information content (AvgIpc) is 2.63. The molecule has 0 fully saturated rings. The van der Waals surface area contributed by atoms with Crippen molar-refractivity contribution in [3.05, 3.63) is 48.3 Å². The van der Waals surface area contributed by atoms with Crippen molar-refractivity contribution < 1.29 is 31.1 Å². The zero-order valence-electron chi connectivity index (χ0n) is 14.8. The molecule has 0 saturated heterocycles. The largest absolute Gasteiger partial charge is 0.506 e. The van der Waals surface area contributed by atoms with Gasteiger partial charge in [0, 0.05) is 13.0 Å². The number of sulfone groups is 1. The Morgan fingerprint density at radius 1 is 1.11 bits per heavy atom. The third-order valence-electron chi connectivity index (χ3n) is 3.75. The number of hydrogen-bond donors (Lipinski definition) is 3. The van der Waals surface area contributed by atoms with Gasteiger partial charge < -0.3 is 10.4 Å². The first-order valence-electron chi connectivity index (χ1n) is 8.16. The van der Waals surface area contributed by atoms with Crippen molar-refractivity contribution in [2.75, 3.05) is 17.6 Å². The van der Waals surface area contributed by atoms with Gasteiger partial charge in [0.15, 0.2) is 9.84 Å². The predicted molar refractivity (Wildman–Crippen MR) is 101 cm³/mol. The Morgan fingerprint density at radius 2 is 1.79 bits per heavy atom. The van der Waals surface area contributed by atoms with Crippen LogP contribution in [0, 0.1) is 5.82 Å². The molecule has 1 amide bonds. The van der Waals surface area contributed by atoms with Crippen LogP contribution in [-0.4, -0.2) is 40.1 Å². The quantitative estimate of drug-likeness (QED) is 0.546. The first-order valence-corrected chi connectivity index (χ1v) is 11.3. The molecule has 0 spiro atoms. The molecule has 0 aliphatic carbocycles. The second kappa shape index (κ2) is 8.67. The predicted octanol–water partition coefficient (Wildman–Crippen LogP) is 1.63. The molecule has 3 N–H and O–H groups in total. The zero-order chi connectivity index (χ0) is 20.9. The number of aromatic hydroxyl groups is 1. The number of sulfonamides is 1. The Morgan fingerprint density at radius 3 is 2.43 bits per heavy atom. The van der Waals surface area contributed by atoms with E-state index in [0.717, 1.165) is 24.3 Å². The number of hydrogen-bond acceptors (Lipinski definition) is 6. The van der Waals surface area contributed by atoms with Gasteiger partial charge in [-0.05, 0) is 30.3 Å². The van der Waals surface area contributed by atoms with Crippen molar-refractivity contribution >= 4 is 31.5 Å². The first kappa shape index (κ1) is 21.8. The number of anilines is 1. The summed E-state index contributed by atoms with van der Waals surface area (Å²) >= 11 is 0. The molecule has 0 radical (unpaired) electrons. The van der Waals surface area contributed by atoms with Gasteiger partial charge in [0.05, 0.1) is 16.3 Å². The van der Waals surface area contributed by atoms with Crippen LogP contribution in [0.2, 0.25) is 0 Å². The Labute approximate surface area is 162 Å². The number of rotatable bonds is 8. The Bertz CT molecular complexity index is 1080. The molecule has 0 aromatic heterocycles. The van der Waals surface area contributed by atoms with E-state index in [0.29, 0.717) is 0 Å². The van der Waals surface area contributed by atoms with Crippen LogP contribution in [0.25, 0.3) is 0 Å². The van der Waals surface area contributed by atoms with Gasteiger partial charge in [-0.25, -0.2) is 25.9 Å². The molecule has 0 saturated carbocycles. The van der Waals surface area contributed by atoms with Gasteiger partial charge in [0.25, 0.3) is 0 Å². The van der Waals surface area contributed by atoms with Crippen LogP contribution in [-0.2, 0) is 24.7 Å². The number of nitrogens with one attached hydrogen (secondary N) is 2. The topological polar surface area (TPSA) is 130 Å². The van der Waals surface area contributed by atoms with Crippen LogP contribution in [0.3, 0.4) is 0 Å². The average molecular weight is 430 g/mol. The summed E-state index contributed by atoms with van der Waals surface area (Å²) in [6, 6.07) is 8.28. The molecule has 0 unspecified atom stereocenters. The van der Waals surface area contributed by atoms with Crippen molar-refractivity contribution in [2.45, 2.75) is 23.1 Å². The van der Waals surface area contributed by atoms with Gasteiger partial charge in [0.1, 0.15) is 16.5 Å². The number of amides is 1. The van der Waals surface area contributed by atoms with Crippen LogP contribution in [0.4, 0.5) is 10.1 Å². The fourth-order valence-electron chi connectivity index (χ4n) is 2.23. The monoisotopic (exact) mass is 430 g/mol. The van der Waals surface area contributed by atoms with E-state index >= 15 is 0 Å². The number of phenolic OH excluding ortho intramolecular Hbond substituents is 1. The maximum absolute atomic E-state index is 13.6. The lowest BCUT2D eigenvalue weighted by atomic mass is 10.3. The van der Waals surface area contributed by atoms with E-state index in [4.69, 9.17) is 0 Å². The third-order valence-corrected chi connectivity index (χ3v) is 6.98. The molecule has 2 rings (SSSR count). The molecule has 2 aromatic carbocycles. The molecular weight excluding hydrogens is 411 g/mol. The van der Waals surface area contributed by atoms with E-state index in [1.807, 2.05) is 0 Å². The van der Waals surface area contributed by atoms with Crippen molar-refractivity contribution in [2.24, 2.45) is 0 Å². The standard InChI is InChI=1S/C17H19FN2O6S2/c1-2-27(23,24)12-7-8-15(21)14(11-12)20-17(22)9-10-19-28(25,26)16-6-4-3-5-13(16)18/h3-8,11,19,21H,2,9-10H2,1H3,(H,20,22). The molecule has 152 valence electrons. The van der Waals surface area contributed by atoms with Crippen LogP contribution in [0.15, 0.2) is 52.3 Å². The fourth-order valence-corrected chi connectivity index (χ4v) is 4.24. The van der Waals surface area contributed by atoms with E-state index < -0.39 is 36.5 Å². The minimum Gasteiger partial charge on any atom is -0.506 e. The Balaban J connectivity index is 2.02. The van der Waals surface area contributed by atoms with Crippen LogP contribution < -0.4 is 10.0 Å². The molecule has 11 heteroatoms. The minimum atomic E-state index is -4.13. The normalized spacial score (nSPS) is 11.9. The van der Waals surface area contributed by atoms with Crippen molar-refractivity contribution in [3.63, 3.8) is 0 Å². The van der Waals surface area contributed by atoms with Crippen LogP contribution in [0.5, 0.6) is 5.75 Å². The van der Waals surface area contributed by atoms with E-state index in [2.05, 4.69) is 10.0 Å². The molecule has 0 atom stereocenters. The summed E-state index contributed by atoms with van der Waals surface area (Å²) < 4.78 is 63.6. The summed E-state index contributed by atoms with van der Waals surface area (Å²) in [6.07, 6.45) is -0.322. The van der Waals surface area contributed by atoms with Gasteiger partial charge in [-0.3, -0.25) is 4.79 Å². The molecular formula is C17H19FN2O6S2. The number of halogens is 1. The summed E-state index contributed by atoms with van der Waals surface area (Å²) in [4.78, 5) is 11.4. The lowest BCUT2D eigenvalue weighted by molar-refractivity contribution is -0.116. The summed E-state index contributed by atoms with van der Waals surface area (Å²) in [6.45, 7) is 1.14. The minimum absolute atomic E-state index is 0.0663. The van der Waals surface area contributed by atoms with E-state index in [-0.39, 0.29) is 35.1 Å². The number of phenols is 1. The number of benzene rings is 2.